The van der Waals surface area contributed by atoms with Gasteiger partial charge in [-0.15, -0.1) is 13.2 Å². The molecule has 0 saturated carbocycles. The molecular weight excluding hydrogens is 622 g/mol. The van der Waals surface area contributed by atoms with Crippen LogP contribution in [0.5, 0.6) is 5.75 Å². The summed E-state index contributed by atoms with van der Waals surface area (Å²) in [5.41, 5.74) is 3.06. The van der Waals surface area contributed by atoms with Crippen molar-refractivity contribution in [3.8, 4) is 16.9 Å². The lowest BCUT2D eigenvalue weighted by Gasteiger charge is -2.13. The summed E-state index contributed by atoms with van der Waals surface area (Å²) in [4.78, 5) is 0. The van der Waals surface area contributed by atoms with Crippen molar-refractivity contribution >= 4 is 67.8 Å². The van der Waals surface area contributed by atoms with Crippen LogP contribution in [0, 0.1) is 17.6 Å². The molecule has 0 heterocycles. The molecule has 0 atom stereocenters. The van der Waals surface area contributed by atoms with Crippen LogP contribution >= 0.6 is 67.8 Å². The van der Waals surface area contributed by atoms with Gasteiger partial charge in [-0.1, -0.05) is 6.07 Å². The third-order valence-corrected chi connectivity index (χ3v) is 5.18. The van der Waals surface area contributed by atoms with E-state index in [2.05, 4.69) is 49.9 Å². The summed E-state index contributed by atoms with van der Waals surface area (Å²) in [5.74, 6) is -0.177. The van der Waals surface area contributed by atoms with E-state index in [0.29, 0.717) is 3.57 Å². The molecule has 0 aliphatic carbocycles. The van der Waals surface area contributed by atoms with Crippen molar-refractivity contribution in [2.75, 3.05) is 0 Å². The fourth-order valence-corrected chi connectivity index (χ4v) is 5.17. The smallest absolute Gasteiger partial charge is 0.405 e. The molecule has 2 aromatic rings. The van der Waals surface area contributed by atoms with Gasteiger partial charge < -0.3 is 4.74 Å². The summed E-state index contributed by atoms with van der Waals surface area (Å²) < 4.78 is 43.4. The standard InChI is InChI=1S/C14H8F3I3O/c1-7-4-10(19)13(11(20)5-7)8-2-3-12(9(18)6-8)21-14(15,16)17/h2-6H,1H3. The first-order chi connectivity index (χ1) is 9.67. The summed E-state index contributed by atoms with van der Waals surface area (Å²) in [6.45, 7) is 2.01. The molecule has 112 valence electrons. The lowest BCUT2D eigenvalue weighted by molar-refractivity contribution is -0.274. The Labute approximate surface area is 161 Å². The molecule has 0 aromatic heterocycles. The Hall–Kier alpha value is 0.220. The minimum absolute atomic E-state index is 0.177. The van der Waals surface area contributed by atoms with Gasteiger partial charge in [0.2, 0.25) is 0 Å². The molecular formula is C14H8F3I3O. The van der Waals surface area contributed by atoms with Crippen molar-refractivity contribution in [3.63, 3.8) is 0 Å². The van der Waals surface area contributed by atoms with Gasteiger partial charge in [0, 0.05) is 12.7 Å². The predicted octanol–water partition coefficient (Wildman–Crippen LogP) is 6.37. The Morgan fingerprint density at radius 2 is 1.48 bits per heavy atom. The molecule has 0 aliphatic rings. The van der Waals surface area contributed by atoms with E-state index in [9.17, 15) is 13.2 Å². The first-order valence-corrected chi connectivity index (χ1v) is 8.92. The summed E-state index contributed by atoms with van der Waals surface area (Å²) >= 11 is 6.33. The predicted molar refractivity (Wildman–Crippen MR) is 101 cm³/mol. The molecule has 0 aliphatic heterocycles. The molecule has 21 heavy (non-hydrogen) atoms. The molecule has 2 rings (SSSR count). The van der Waals surface area contributed by atoms with Crippen LogP contribution in [0.2, 0.25) is 0 Å². The monoisotopic (exact) mass is 630 g/mol. The molecule has 0 radical (unpaired) electrons. The summed E-state index contributed by atoms with van der Waals surface area (Å²) in [5, 5.41) is 0. The van der Waals surface area contributed by atoms with E-state index in [1.165, 1.54) is 6.07 Å². The van der Waals surface area contributed by atoms with Crippen molar-refractivity contribution in [2.24, 2.45) is 0 Å². The van der Waals surface area contributed by atoms with Crippen LogP contribution in [0.25, 0.3) is 11.1 Å². The van der Waals surface area contributed by atoms with E-state index in [1.807, 2.05) is 41.6 Å². The van der Waals surface area contributed by atoms with E-state index < -0.39 is 6.36 Å². The van der Waals surface area contributed by atoms with Gasteiger partial charge in [-0.25, -0.2) is 0 Å². The largest absolute Gasteiger partial charge is 0.573 e. The van der Waals surface area contributed by atoms with E-state index in [1.54, 1.807) is 12.1 Å². The second-order valence-electron chi connectivity index (χ2n) is 4.30. The number of hydrogen-bond acceptors (Lipinski definition) is 1. The SMILES string of the molecule is Cc1cc(I)c(-c2ccc(OC(F)(F)F)c(I)c2)c(I)c1. The highest BCUT2D eigenvalue weighted by Crippen LogP contribution is 2.35. The lowest BCUT2D eigenvalue weighted by atomic mass is 10.0. The van der Waals surface area contributed by atoms with Crippen LogP contribution in [0.4, 0.5) is 13.2 Å². The molecule has 7 heteroatoms. The molecule has 0 saturated heterocycles. The van der Waals surface area contributed by atoms with Gasteiger partial charge in [-0.3, -0.25) is 0 Å². The zero-order chi connectivity index (χ0) is 15.8. The third-order valence-electron chi connectivity index (χ3n) is 2.63. The lowest BCUT2D eigenvalue weighted by Crippen LogP contribution is -2.17. The van der Waals surface area contributed by atoms with Gasteiger partial charge in [0.25, 0.3) is 0 Å². The number of ether oxygens (including phenoxy) is 1. The molecule has 0 fully saturated rings. The van der Waals surface area contributed by atoms with Crippen molar-refractivity contribution in [1.82, 2.24) is 0 Å². The zero-order valence-corrected chi connectivity index (χ0v) is 17.0. The fourth-order valence-electron chi connectivity index (χ4n) is 1.84. The molecule has 1 nitrogen and oxygen atoms in total. The maximum absolute atomic E-state index is 12.3. The Morgan fingerprint density at radius 3 is 1.95 bits per heavy atom. The molecule has 0 unspecified atom stereocenters. The maximum Gasteiger partial charge on any atom is 0.573 e. The van der Waals surface area contributed by atoms with Crippen LogP contribution in [0.1, 0.15) is 5.56 Å². The minimum Gasteiger partial charge on any atom is -0.405 e. The van der Waals surface area contributed by atoms with Gasteiger partial charge >= 0.3 is 6.36 Å². The Bertz CT molecular complexity index is 661. The summed E-state index contributed by atoms with van der Waals surface area (Å²) in [6.07, 6.45) is -4.67. The average molecular weight is 630 g/mol. The van der Waals surface area contributed by atoms with E-state index in [-0.39, 0.29) is 5.75 Å². The highest BCUT2D eigenvalue weighted by Gasteiger charge is 2.32. The number of rotatable bonds is 2. The van der Waals surface area contributed by atoms with Crippen LogP contribution < -0.4 is 4.74 Å². The van der Waals surface area contributed by atoms with Crippen LogP contribution in [0.3, 0.4) is 0 Å². The van der Waals surface area contributed by atoms with Crippen LogP contribution in [0.15, 0.2) is 30.3 Å². The number of hydrogen-bond donors (Lipinski definition) is 0. The van der Waals surface area contributed by atoms with Gasteiger partial charge in [0.15, 0.2) is 0 Å². The number of benzene rings is 2. The van der Waals surface area contributed by atoms with E-state index in [4.69, 9.17) is 0 Å². The van der Waals surface area contributed by atoms with Crippen molar-refractivity contribution in [2.45, 2.75) is 13.3 Å². The van der Waals surface area contributed by atoms with Crippen molar-refractivity contribution < 1.29 is 17.9 Å². The number of alkyl halides is 3. The van der Waals surface area contributed by atoms with E-state index >= 15 is 0 Å². The topological polar surface area (TPSA) is 9.23 Å². The van der Waals surface area contributed by atoms with Gasteiger partial charge in [0.05, 0.1) is 3.57 Å². The normalized spacial score (nSPS) is 11.6. The van der Waals surface area contributed by atoms with E-state index in [0.717, 1.165) is 23.8 Å². The summed E-state index contributed by atoms with van der Waals surface area (Å²) in [6, 6.07) is 8.81. The van der Waals surface area contributed by atoms with Crippen LogP contribution in [-0.4, -0.2) is 6.36 Å². The highest BCUT2D eigenvalue weighted by molar-refractivity contribution is 14.1. The first kappa shape index (κ1) is 17.6. The highest BCUT2D eigenvalue weighted by atomic mass is 127. The Kier molecular flexibility index (Phi) is 5.66. The second kappa shape index (κ2) is 6.77. The third kappa shape index (κ3) is 4.60. The molecule has 0 N–H and O–H groups in total. The van der Waals surface area contributed by atoms with Gasteiger partial charge in [-0.2, -0.15) is 0 Å². The van der Waals surface area contributed by atoms with Gasteiger partial charge in [-0.05, 0) is 110 Å². The second-order valence-corrected chi connectivity index (χ2v) is 7.78. The quantitative estimate of drug-likeness (QED) is 0.351. The first-order valence-electron chi connectivity index (χ1n) is 5.68. The van der Waals surface area contributed by atoms with Crippen molar-refractivity contribution in [3.05, 3.63) is 46.6 Å². The maximum atomic E-state index is 12.3. The fraction of sp³-hybridized carbons (Fsp3) is 0.143. The number of aryl methyl sites for hydroxylation is 1. The minimum atomic E-state index is -4.67. The molecule has 0 spiro atoms. The van der Waals surface area contributed by atoms with Gasteiger partial charge in [0.1, 0.15) is 5.75 Å². The zero-order valence-electron chi connectivity index (χ0n) is 10.6. The molecule has 0 amide bonds. The Balaban J connectivity index is 2.46. The molecule has 0 bridgehead atoms. The Morgan fingerprint density at radius 1 is 0.905 bits per heavy atom. The van der Waals surface area contributed by atoms with Crippen LogP contribution in [-0.2, 0) is 0 Å². The molecule has 2 aromatic carbocycles. The number of halogens is 6. The average Bonchev–Trinajstić information content (AvgIpc) is 2.29. The summed E-state index contributed by atoms with van der Waals surface area (Å²) in [7, 11) is 0. The van der Waals surface area contributed by atoms with Crippen molar-refractivity contribution in [1.29, 1.82) is 0 Å².